The van der Waals surface area contributed by atoms with Crippen LogP contribution < -0.4 is 22.1 Å². The molecule has 2 aromatic carbocycles. The number of nitrogens with two attached hydrogens (primary N) is 2. The molecule has 0 fully saturated rings. The summed E-state index contributed by atoms with van der Waals surface area (Å²) in [4.78, 5) is 42.4. The Labute approximate surface area is 172 Å². The van der Waals surface area contributed by atoms with Crippen molar-refractivity contribution in [2.45, 2.75) is 26.2 Å². The van der Waals surface area contributed by atoms with Gasteiger partial charge in [-0.1, -0.05) is 25.5 Å². The third-order valence-corrected chi connectivity index (χ3v) is 3.81. The van der Waals surface area contributed by atoms with E-state index in [0.29, 0.717) is 11.3 Å². The van der Waals surface area contributed by atoms with Crippen LogP contribution in [0.25, 0.3) is 0 Å². The molecular weight excluding hydrogens is 392 g/mol. The van der Waals surface area contributed by atoms with Crippen LogP contribution in [0.2, 0.25) is 0 Å². The number of carbonyl (C=O) groups excluding carboxylic acids is 4. The van der Waals surface area contributed by atoms with Gasteiger partial charge in [0.15, 0.2) is 0 Å². The lowest BCUT2D eigenvalue weighted by Crippen LogP contribution is -2.15. The van der Waals surface area contributed by atoms with E-state index in [4.69, 9.17) is 11.5 Å². The Hall–Kier alpha value is -4.08. The second-order valence-electron chi connectivity index (χ2n) is 6.11. The fourth-order valence-corrected chi connectivity index (χ4v) is 2.45. The third kappa shape index (κ3) is 8.30. The monoisotopic (exact) mass is 414 g/mol. The first-order valence-corrected chi connectivity index (χ1v) is 8.92. The fraction of sp³-hybridized carbons (Fsp3) is 0.200. The molecule has 4 amide bonds. The van der Waals surface area contributed by atoms with E-state index in [-0.39, 0.29) is 11.3 Å². The Kier molecular flexibility index (Phi) is 9.34. The van der Waals surface area contributed by atoms with E-state index in [1.54, 1.807) is 12.1 Å². The van der Waals surface area contributed by atoms with Gasteiger partial charge in [-0.2, -0.15) is 0 Å². The average Bonchev–Trinajstić information content (AvgIpc) is 2.66. The largest absolute Gasteiger partial charge is 0.454 e. The number of anilines is 2. The molecule has 0 aromatic heterocycles. The molecular formula is C20H22N4O6. The van der Waals surface area contributed by atoms with Gasteiger partial charge in [0.05, 0.1) is 0 Å². The van der Waals surface area contributed by atoms with Crippen molar-refractivity contribution >= 4 is 35.4 Å². The zero-order valence-electron chi connectivity index (χ0n) is 16.3. The summed E-state index contributed by atoms with van der Waals surface area (Å²) >= 11 is 0. The molecule has 0 bridgehead atoms. The summed E-state index contributed by atoms with van der Waals surface area (Å²) in [5, 5.41) is 24.6. The van der Waals surface area contributed by atoms with Crippen molar-refractivity contribution in [3.05, 3.63) is 59.2 Å². The molecule has 10 nitrogen and oxygen atoms in total. The predicted octanol–water partition coefficient (Wildman–Crippen LogP) is 2.84. The normalized spacial score (nSPS) is 9.63. The molecule has 2 radical (unpaired) electrons. The maximum Gasteiger partial charge on any atom is 0.454 e. The van der Waals surface area contributed by atoms with E-state index in [0.717, 1.165) is 24.8 Å². The van der Waals surface area contributed by atoms with Crippen molar-refractivity contribution in [2.75, 3.05) is 10.6 Å². The molecule has 30 heavy (non-hydrogen) atoms. The van der Waals surface area contributed by atoms with Crippen LogP contribution in [-0.4, -0.2) is 24.0 Å². The number of benzene rings is 2. The van der Waals surface area contributed by atoms with Gasteiger partial charge in [-0.3, -0.25) is 20.2 Å². The first kappa shape index (κ1) is 24.0. The molecule has 6 N–H and O–H groups in total. The Morgan fingerprint density at radius 2 is 1.43 bits per heavy atom. The lowest BCUT2D eigenvalue weighted by atomic mass is 10.0. The molecule has 0 saturated carbocycles. The van der Waals surface area contributed by atoms with Crippen LogP contribution in [0.4, 0.5) is 21.0 Å². The van der Waals surface area contributed by atoms with Gasteiger partial charge >= 0.3 is 12.2 Å². The van der Waals surface area contributed by atoms with Crippen molar-refractivity contribution in [3.63, 3.8) is 0 Å². The zero-order valence-corrected chi connectivity index (χ0v) is 16.3. The van der Waals surface area contributed by atoms with Gasteiger partial charge in [0.2, 0.25) is 11.8 Å². The minimum atomic E-state index is -1.43. The number of amides is 4. The van der Waals surface area contributed by atoms with Crippen molar-refractivity contribution in [3.8, 4) is 0 Å². The van der Waals surface area contributed by atoms with Gasteiger partial charge in [0.1, 0.15) is 0 Å². The Morgan fingerprint density at radius 1 is 0.833 bits per heavy atom. The first-order chi connectivity index (χ1) is 14.1. The van der Waals surface area contributed by atoms with Gasteiger partial charge in [-0.25, -0.2) is 19.8 Å². The molecule has 0 aliphatic rings. The minimum absolute atomic E-state index is 0.242. The topological polar surface area (TPSA) is 184 Å². The van der Waals surface area contributed by atoms with Crippen molar-refractivity contribution in [1.29, 1.82) is 0 Å². The summed E-state index contributed by atoms with van der Waals surface area (Å²) in [6, 6.07) is 10.6. The Balaban J connectivity index is 0.000000311. The van der Waals surface area contributed by atoms with Gasteiger partial charge in [-0.05, 0) is 48.7 Å². The van der Waals surface area contributed by atoms with E-state index in [2.05, 4.69) is 12.2 Å². The summed E-state index contributed by atoms with van der Waals surface area (Å²) in [5.41, 5.74) is 12.2. The number of carbonyl (C=O) groups is 4. The third-order valence-electron chi connectivity index (χ3n) is 3.81. The number of rotatable bonds is 7. The van der Waals surface area contributed by atoms with Crippen molar-refractivity contribution < 1.29 is 29.4 Å². The molecule has 0 atom stereocenters. The van der Waals surface area contributed by atoms with Crippen molar-refractivity contribution in [2.24, 2.45) is 11.5 Å². The smallest absolute Gasteiger partial charge is 0.366 e. The second-order valence-corrected chi connectivity index (χ2v) is 6.11. The minimum Gasteiger partial charge on any atom is -0.366 e. The van der Waals surface area contributed by atoms with E-state index in [9.17, 15) is 29.4 Å². The Morgan fingerprint density at radius 3 is 1.93 bits per heavy atom. The summed E-state index contributed by atoms with van der Waals surface area (Å²) in [6.45, 7) is 2.05. The van der Waals surface area contributed by atoms with E-state index < -0.39 is 24.0 Å². The molecule has 0 unspecified atom stereocenters. The number of aryl methyl sites for hydroxylation is 1. The second kappa shape index (κ2) is 11.7. The maximum absolute atomic E-state index is 11.3. The molecule has 0 spiro atoms. The molecule has 2 aromatic rings. The van der Waals surface area contributed by atoms with E-state index in [1.165, 1.54) is 30.3 Å². The summed E-state index contributed by atoms with van der Waals surface area (Å²) in [6.07, 6.45) is -0.131. The van der Waals surface area contributed by atoms with Gasteiger partial charge in [-0.15, -0.1) is 0 Å². The highest BCUT2D eigenvalue weighted by Gasteiger charge is 2.10. The maximum atomic E-state index is 11.3. The van der Waals surface area contributed by atoms with E-state index >= 15 is 0 Å². The van der Waals surface area contributed by atoms with Crippen LogP contribution in [0.3, 0.4) is 0 Å². The molecule has 0 saturated heterocycles. The molecule has 0 heterocycles. The van der Waals surface area contributed by atoms with Crippen LogP contribution in [-0.2, 0) is 16.6 Å². The number of nitrogens with one attached hydrogen (secondary N) is 2. The lowest BCUT2D eigenvalue weighted by Gasteiger charge is -2.08. The molecule has 0 aliphatic heterocycles. The highest BCUT2D eigenvalue weighted by atomic mass is 16.4. The number of unbranched alkanes of at least 4 members (excludes halogenated alkanes) is 1. The molecule has 10 heteroatoms. The first-order valence-electron chi connectivity index (χ1n) is 8.92. The molecule has 158 valence electrons. The van der Waals surface area contributed by atoms with Crippen LogP contribution >= 0.6 is 0 Å². The van der Waals surface area contributed by atoms with Crippen LogP contribution in [0.15, 0.2) is 42.5 Å². The molecule has 0 aliphatic carbocycles. The van der Waals surface area contributed by atoms with Crippen molar-refractivity contribution in [1.82, 2.24) is 0 Å². The average molecular weight is 414 g/mol. The standard InChI is InChI=1S/C12H15N2O3.C8H7N2O3/c1-2-3-4-8-5-6-9(14-12(16)17)7-10(8)11(13)15;9-7(11)5-2-1-3-6(4-5)10-8(12)13/h5-7,14H,2-4H2,1H3,(H2,13,15);1-4,10H,(H2,9,11). The highest BCUT2D eigenvalue weighted by Crippen LogP contribution is 2.18. The van der Waals surface area contributed by atoms with Crippen LogP contribution in [0, 0.1) is 0 Å². The highest BCUT2D eigenvalue weighted by molar-refractivity contribution is 5.96. The van der Waals surface area contributed by atoms with Gasteiger partial charge in [0, 0.05) is 22.5 Å². The van der Waals surface area contributed by atoms with E-state index in [1.807, 2.05) is 5.32 Å². The number of hydrogen-bond acceptors (Lipinski definition) is 4. The fourth-order valence-electron chi connectivity index (χ4n) is 2.45. The number of primary amides is 2. The SMILES string of the molecule is CCCCc1ccc(NC([O])=O)cc1C(N)=O.NC(=O)c1cccc(NC([O])=O)c1. The molecule has 2 rings (SSSR count). The summed E-state index contributed by atoms with van der Waals surface area (Å²) in [5.74, 6) is -1.17. The van der Waals surface area contributed by atoms with Gasteiger partial charge in [0.25, 0.3) is 0 Å². The van der Waals surface area contributed by atoms with Gasteiger partial charge < -0.3 is 11.5 Å². The van der Waals surface area contributed by atoms with Crippen LogP contribution in [0.5, 0.6) is 0 Å². The summed E-state index contributed by atoms with van der Waals surface area (Å²) in [7, 11) is 0. The zero-order chi connectivity index (χ0) is 22.7. The quantitative estimate of drug-likeness (QED) is 0.543. The lowest BCUT2D eigenvalue weighted by molar-refractivity contribution is 0.0991. The van der Waals surface area contributed by atoms with Crippen LogP contribution in [0.1, 0.15) is 46.0 Å². The summed E-state index contributed by atoms with van der Waals surface area (Å²) < 4.78 is 0. The number of hydrogen-bond donors (Lipinski definition) is 4. The Bertz CT molecular complexity index is 929. The predicted molar refractivity (Wildman–Crippen MR) is 108 cm³/mol.